The molecule has 0 saturated heterocycles. The Morgan fingerprint density at radius 3 is 2.30 bits per heavy atom. The predicted octanol–water partition coefficient (Wildman–Crippen LogP) is 3.17. The van der Waals surface area contributed by atoms with Crippen molar-refractivity contribution in [2.24, 2.45) is 4.99 Å². The maximum Gasteiger partial charge on any atom is 0.193 e. The summed E-state index contributed by atoms with van der Waals surface area (Å²) in [5.74, 6) is 2.53. The molecular weight excluding hydrogens is 405 g/mol. The molecule has 0 aromatic heterocycles. The second-order valence-corrected chi connectivity index (χ2v) is 5.03. The Balaban J connectivity index is 0.00000484. The van der Waals surface area contributed by atoms with Gasteiger partial charge in [-0.05, 0) is 44.9 Å². The monoisotopic (exact) mass is 435 g/mol. The number of ether oxygens (including phenoxy) is 2. The van der Waals surface area contributed by atoms with Gasteiger partial charge in [0, 0.05) is 27.2 Å². The smallest absolute Gasteiger partial charge is 0.193 e. The summed E-state index contributed by atoms with van der Waals surface area (Å²) < 4.78 is 11.2. The first-order valence-electron chi connectivity index (χ1n) is 7.96. The van der Waals surface area contributed by atoms with Gasteiger partial charge >= 0.3 is 0 Å². The van der Waals surface area contributed by atoms with Gasteiger partial charge in [-0.1, -0.05) is 6.07 Å². The molecule has 132 valence electrons. The van der Waals surface area contributed by atoms with Crippen molar-refractivity contribution in [2.75, 3.05) is 40.4 Å². The summed E-state index contributed by atoms with van der Waals surface area (Å²) in [6, 6.07) is 6.10. The molecule has 0 saturated carbocycles. The predicted molar refractivity (Wildman–Crippen MR) is 108 cm³/mol. The Labute approximate surface area is 157 Å². The van der Waals surface area contributed by atoms with Crippen LogP contribution in [0.3, 0.4) is 0 Å². The molecule has 0 heterocycles. The van der Waals surface area contributed by atoms with E-state index in [1.54, 1.807) is 0 Å². The lowest BCUT2D eigenvalue weighted by atomic mass is 10.1. The normalized spacial score (nSPS) is 10.7. The molecule has 0 aliphatic heterocycles. The minimum Gasteiger partial charge on any atom is -0.490 e. The van der Waals surface area contributed by atoms with Gasteiger partial charge in [0.15, 0.2) is 17.5 Å². The van der Waals surface area contributed by atoms with Crippen molar-refractivity contribution in [1.29, 1.82) is 0 Å². The van der Waals surface area contributed by atoms with Crippen molar-refractivity contribution in [1.82, 2.24) is 10.2 Å². The van der Waals surface area contributed by atoms with E-state index in [-0.39, 0.29) is 24.0 Å². The molecule has 1 aromatic carbocycles. The molecule has 0 unspecified atom stereocenters. The van der Waals surface area contributed by atoms with Gasteiger partial charge < -0.3 is 19.7 Å². The number of hydrogen-bond donors (Lipinski definition) is 1. The summed E-state index contributed by atoms with van der Waals surface area (Å²) in [7, 11) is 3.98. The zero-order valence-electron chi connectivity index (χ0n) is 14.9. The summed E-state index contributed by atoms with van der Waals surface area (Å²) in [6.45, 7) is 8.90. The Hall–Kier alpha value is -1.18. The first kappa shape index (κ1) is 21.8. The fourth-order valence-corrected chi connectivity index (χ4v) is 2.06. The molecule has 0 atom stereocenters. The van der Waals surface area contributed by atoms with Gasteiger partial charge in [0.05, 0.1) is 13.2 Å². The number of benzene rings is 1. The lowest BCUT2D eigenvalue weighted by Crippen LogP contribution is -2.36. The van der Waals surface area contributed by atoms with Crippen LogP contribution in [-0.4, -0.2) is 51.3 Å². The molecule has 5 nitrogen and oxygen atoms in total. The summed E-state index contributed by atoms with van der Waals surface area (Å²) in [5.41, 5.74) is 1.20. The average Bonchev–Trinajstić information content (AvgIpc) is 2.49. The second-order valence-electron chi connectivity index (χ2n) is 5.03. The van der Waals surface area contributed by atoms with Crippen LogP contribution in [0.15, 0.2) is 23.2 Å². The average molecular weight is 435 g/mol. The highest BCUT2D eigenvalue weighted by molar-refractivity contribution is 14.0. The van der Waals surface area contributed by atoms with Gasteiger partial charge in [-0.3, -0.25) is 4.99 Å². The number of nitrogens with zero attached hydrogens (tertiary/aromatic N) is 2. The molecule has 1 rings (SSSR count). The van der Waals surface area contributed by atoms with Crippen molar-refractivity contribution >= 4 is 29.9 Å². The van der Waals surface area contributed by atoms with Gasteiger partial charge in [0.25, 0.3) is 0 Å². The van der Waals surface area contributed by atoms with E-state index in [0.29, 0.717) is 13.2 Å². The molecule has 0 aliphatic rings. The first-order valence-corrected chi connectivity index (χ1v) is 7.96. The van der Waals surface area contributed by atoms with Crippen LogP contribution in [0.4, 0.5) is 0 Å². The SMILES string of the molecule is CCNC(=NCCc1ccc(OCC)c(OCC)c1)N(C)C.I. The third-order valence-electron chi connectivity index (χ3n) is 3.03. The zero-order valence-corrected chi connectivity index (χ0v) is 17.2. The second kappa shape index (κ2) is 12.3. The summed E-state index contributed by atoms with van der Waals surface area (Å²) in [4.78, 5) is 6.60. The summed E-state index contributed by atoms with van der Waals surface area (Å²) in [5, 5.41) is 3.26. The third kappa shape index (κ3) is 7.76. The largest absolute Gasteiger partial charge is 0.490 e. The third-order valence-corrected chi connectivity index (χ3v) is 3.03. The van der Waals surface area contributed by atoms with Crippen LogP contribution in [0, 0.1) is 0 Å². The number of hydrogen-bond acceptors (Lipinski definition) is 3. The lowest BCUT2D eigenvalue weighted by Gasteiger charge is -2.16. The fraction of sp³-hybridized carbons (Fsp3) is 0.588. The van der Waals surface area contributed by atoms with Crippen molar-refractivity contribution in [3.8, 4) is 11.5 Å². The number of aliphatic imine (C=N–C) groups is 1. The summed E-state index contributed by atoms with van der Waals surface area (Å²) in [6.07, 6.45) is 0.870. The Morgan fingerprint density at radius 2 is 1.74 bits per heavy atom. The molecule has 0 spiro atoms. The standard InChI is InChI=1S/C17H29N3O2.HI/c1-6-18-17(20(4)5)19-12-11-14-9-10-15(21-7-2)16(13-14)22-8-3;/h9-10,13H,6-8,11-12H2,1-5H3,(H,18,19);1H. The Bertz CT molecular complexity index is 479. The van der Waals surface area contributed by atoms with Crippen LogP contribution >= 0.6 is 24.0 Å². The lowest BCUT2D eigenvalue weighted by molar-refractivity contribution is 0.287. The molecule has 1 aromatic rings. The molecule has 23 heavy (non-hydrogen) atoms. The molecule has 6 heteroatoms. The van der Waals surface area contributed by atoms with Gasteiger partial charge in [0.2, 0.25) is 0 Å². The van der Waals surface area contributed by atoms with E-state index in [0.717, 1.165) is 37.0 Å². The van der Waals surface area contributed by atoms with Crippen molar-refractivity contribution in [3.05, 3.63) is 23.8 Å². The van der Waals surface area contributed by atoms with E-state index in [1.807, 2.05) is 45.0 Å². The number of rotatable bonds is 8. The number of nitrogens with one attached hydrogen (secondary N) is 1. The number of guanidine groups is 1. The van der Waals surface area contributed by atoms with Crippen LogP contribution in [0.5, 0.6) is 11.5 Å². The van der Waals surface area contributed by atoms with Crippen molar-refractivity contribution < 1.29 is 9.47 Å². The molecule has 0 fully saturated rings. The van der Waals surface area contributed by atoms with E-state index in [1.165, 1.54) is 5.56 Å². The highest BCUT2D eigenvalue weighted by atomic mass is 127. The van der Waals surface area contributed by atoms with E-state index in [2.05, 4.69) is 23.3 Å². The van der Waals surface area contributed by atoms with E-state index in [9.17, 15) is 0 Å². The molecule has 0 aliphatic carbocycles. The molecule has 0 amide bonds. The first-order chi connectivity index (χ1) is 10.6. The van der Waals surface area contributed by atoms with Crippen molar-refractivity contribution in [2.45, 2.75) is 27.2 Å². The molecule has 0 bridgehead atoms. The maximum absolute atomic E-state index is 5.65. The van der Waals surface area contributed by atoms with Gasteiger partial charge in [-0.2, -0.15) is 0 Å². The Kier molecular flexibility index (Phi) is 11.6. The fourth-order valence-electron chi connectivity index (χ4n) is 2.06. The van der Waals surface area contributed by atoms with Crippen LogP contribution in [0.25, 0.3) is 0 Å². The van der Waals surface area contributed by atoms with E-state index in [4.69, 9.17) is 9.47 Å². The van der Waals surface area contributed by atoms with Crippen LogP contribution in [0.2, 0.25) is 0 Å². The van der Waals surface area contributed by atoms with E-state index >= 15 is 0 Å². The molecule has 0 radical (unpaired) electrons. The van der Waals surface area contributed by atoms with Crippen molar-refractivity contribution in [3.63, 3.8) is 0 Å². The highest BCUT2D eigenvalue weighted by Crippen LogP contribution is 2.28. The van der Waals surface area contributed by atoms with Crippen LogP contribution < -0.4 is 14.8 Å². The molecule has 1 N–H and O–H groups in total. The minimum absolute atomic E-state index is 0. The maximum atomic E-state index is 5.65. The highest BCUT2D eigenvalue weighted by Gasteiger charge is 2.06. The number of halogens is 1. The topological polar surface area (TPSA) is 46.1 Å². The van der Waals surface area contributed by atoms with Gasteiger partial charge in [0.1, 0.15) is 0 Å². The minimum atomic E-state index is 0. The van der Waals surface area contributed by atoms with Gasteiger partial charge in [-0.25, -0.2) is 0 Å². The van der Waals surface area contributed by atoms with Crippen LogP contribution in [0.1, 0.15) is 26.3 Å². The van der Waals surface area contributed by atoms with Gasteiger partial charge in [-0.15, -0.1) is 24.0 Å². The van der Waals surface area contributed by atoms with E-state index < -0.39 is 0 Å². The summed E-state index contributed by atoms with van der Waals surface area (Å²) >= 11 is 0. The van der Waals surface area contributed by atoms with Crippen LogP contribution in [-0.2, 0) is 6.42 Å². The molecular formula is C17H30IN3O2. The Morgan fingerprint density at radius 1 is 1.09 bits per heavy atom. The zero-order chi connectivity index (χ0) is 16.4. The quantitative estimate of drug-likeness (QED) is 0.387.